The number of hydrogen-bond acceptors (Lipinski definition) is 6. The van der Waals surface area contributed by atoms with Crippen molar-refractivity contribution in [2.45, 2.75) is 46.1 Å². The molecule has 2 aromatic heterocycles. The molecule has 0 saturated carbocycles. The number of nitriles is 1. The lowest BCUT2D eigenvalue weighted by atomic mass is 9.99. The Bertz CT molecular complexity index is 1410. The third-order valence-electron chi connectivity index (χ3n) is 6.14. The van der Waals surface area contributed by atoms with E-state index in [-0.39, 0.29) is 5.57 Å². The molecule has 1 N–H and O–H groups in total. The molecular weight excluding hydrogens is 470 g/mol. The van der Waals surface area contributed by atoms with E-state index in [1.165, 1.54) is 16.9 Å². The highest BCUT2D eigenvalue weighted by Gasteiger charge is 2.15. The van der Waals surface area contributed by atoms with Gasteiger partial charge in [0.1, 0.15) is 29.0 Å². The molecule has 0 saturated heterocycles. The van der Waals surface area contributed by atoms with Crippen molar-refractivity contribution in [3.05, 3.63) is 76.4 Å². The molecule has 184 valence electrons. The minimum atomic E-state index is -0.502. The van der Waals surface area contributed by atoms with E-state index in [2.05, 4.69) is 46.1 Å². The van der Waals surface area contributed by atoms with Crippen LogP contribution in [0.5, 0.6) is 5.75 Å². The number of aryl methyl sites for hydroxylation is 1. The Morgan fingerprint density at radius 2 is 1.97 bits per heavy atom. The Morgan fingerprint density at radius 1 is 1.19 bits per heavy atom. The third-order valence-corrected chi connectivity index (χ3v) is 7.12. The number of nitrogens with one attached hydrogen (secondary N) is 1. The predicted octanol–water partition coefficient (Wildman–Crippen LogP) is 6.19. The molecule has 0 aliphatic heterocycles. The van der Waals surface area contributed by atoms with Crippen LogP contribution in [0.1, 0.15) is 49.2 Å². The van der Waals surface area contributed by atoms with E-state index in [1.54, 1.807) is 6.08 Å². The van der Waals surface area contributed by atoms with Gasteiger partial charge in [-0.05, 0) is 48.6 Å². The fourth-order valence-electron chi connectivity index (χ4n) is 3.88. The summed E-state index contributed by atoms with van der Waals surface area (Å²) in [6, 6.07) is 18.2. The molecule has 8 heteroatoms. The van der Waals surface area contributed by atoms with Crippen molar-refractivity contribution in [3.8, 4) is 11.8 Å². The molecule has 2 aromatic carbocycles. The van der Waals surface area contributed by atoms with Crippen molar-refractivity contribution in [1.29, 1.82) is 5.26 Å². The molecule has 1 amide bonds. The molecule has 36 heavy (non-hydrogen) atoms. The van der Waals surface area contributed by atoms with E-state index in [0.717, 1.165) is 40.1 Å². The second kappa shape index (κ2) is 11.6. The van der Waals surface area contributed by atoms with Gasteiger partial charge >= 0.3 is 0 Å². The van der Waals surface area contributed by atoms with Crippen LogP contribution in [0.2, 0.25) is 0 Å². The molecule has 0 spiro atoms. The van der Waals surface area contributed by atoms with Crippen molar-refractivity contribution in [2.75, 3.05) is 11.9 Å². The predicted molar refractivity (Wildman–Crippen MR) is 144 cm³/mol. The van der Waals surface area contributed by atoms with Crippen LogP contribution in [-0.2, 0) is 17.8 Å². The van der Waals surface area contributed by atoms with Crippen LogP contribution in [0.15, 0.2) is 60.3 Å². The van der Waals surface area contributed by atoms with Crippen LogP contribution in [0.4, 0.5) is 5.13 Å². The minimum Gasteiger partial charge on any atom is -0.492 e. The second-order valence-electron chi connectivity index (χ2n) is 8.50. The number of amides is 1. The SMILES string of the molecule is CCc1nnc(NC(=O)/C(C#N)=C\c2cn(CCOc3ccc(C(C)CC)cc3)c3ccccc23)s1. The van der Waals surface area contributed by atoms with Crippen LogP contribution in [0, 0.1) is 11.3 Å². The van der Waals surface area contributed by atoms with Crippen molar-refractivity contribution in [3.63, 3.8) is 0 Å². The smallest absolute Gasteiger partial charge is 0.268 e. The highest BCUT2D eigenvalue weighted by Crippen LogP contribution is 2.25. The summed E-state index contributed by atoms with van der Waals surface area (Å²) in [6.45, 7) is 7.50. The van der Waals surface area contributed by atoms with Crippen LogP contribution in [0.25, 0.3) is 17.0 Å². The highest BCUT2D eigenvalue weighted by atomic mass is 32.1. The normalized spacial score (nSPS) is 12.3. The number of anilines is 1. The molecule has 0 radical (unpaired) electrons. The first-order valence-corrected chi connectivity index (χ1v) is 12.9. The van der Waals surface area contributed by atoms with Crippen molar-refractivity contribution in [2.24, 2.45) is 0 Å². The number of para-hydroxylation sites is 1. The molecule has 4 aromatic rings. The van der Waals surface area contributed by atoms with Gasteiger partial charge in [-0.1, -0.05) is 62.4 Å². The molecule has 0 bridgehead atoms. The summed E-state index contributed by atoms with van der Waals surface area (Å²) in [7, 11) is 0. The summed E-state index contributed by atoms with van der Waals surface area (Å²) >= 11 is 1.30. The van der Waals surface area contributed by atoms with E-state index >= 15 is 0 Å². The maximum absolute atomic E-state index is 12.7. The molecule has 0 aliphatic rings. The van der Waals surface area contributed by atoms with Gasteiger partial charge in [-0.15, -0.1) is 10.2 Å². The molecule has 4 rings (SSSR count). The average Bonchev–Trinajstić information content (AvgIpc) is 3.51. The van der Waals surface area contributed by atoms with Gasteiger partial charge in [-0.2, -0.15) is 5.26 Å². The van der Waals surface area contributed by atoms with Crippen LogP contribution in [0.3, 0.4) is 0 Å². The number of carbonyl (C=O) groups excluding carboxylic acids is 1. The van der Waals surface area contributed by atoms with Gasteiger partial charge in [0.15, 0.2) is 0 Å². The number of ether oxygens (including phenoxy) is 1. The van der Waals surface area contributed by atoms with Crippen LogP contribution >= 0.6 is 11.3 Å². The molecule has 1 atom stereocenters. The average molecular weight is 500 g/mol. The first-order valence-electron chi connectivity index (χ1n) is 12.1. The summed E-state index contributed by atoms with van der Waals surface area (Å²) in [5, 5.41) is 22.5. The first-order chi connectivity index (χ1) is 17.5. The van der Waals surface area contributed by atoms with Gasteiger partial charge < -0.3 is 9.30 Å². The van der Waals surface area contributed by atoms with Crippen LogP contribution < -0.4 is 10.1 Å². The summed E-state index contributed by atoms with van der Waals surface area (Å²) in [6.07, 6.45) is 5.41. The zero-order valence-electron chi connectivity index (χ0n) is 20.7. The number of fused-ring (bicyclic) bond motifs is 1. The highest BCUT2D eigenvalue weighted by molar-refractivity contribution is 7.15. The van der Waals surface area contributed by atoms with E-state index in [0.29, 0.717) is 24.2 Å². The van der Waals surface area contributed by atoms with E-state index < -0.39 is 5.91 Å². The number of rotatable bonds is 10. The van der Waals surface area contributed by atoms with Gasteiger partial charge in [0.05, 0.1) is 6.54 Å². The zero-order valence-corrected chi connectivity index (χ0v) is 21.5. The molecule has 0 fully saturated rings. The Morgan fingerprint density at radius 3 is 2.67 bits per heavy atom. The van der Waals surface area contributed by atoms with E-state index in [1.807, 2.05) is 55.6 Å². The minimum absolute atomic E-state index is 0.00352. The Labute approximate surface area is 215 Å². The summed E-state index contributed by atoms with van der Waals surface area (Å²) in [5.74, 6) is 0.867. The topological polar surface area (TPSA) is 92.8 Å². The number of nitrogens with zero attached hydrogens (tertiary/aromatic N) is 4. The Balaban J connectivity index is 1.49. The second-order valence-corrected chi connectivity index (χ2v) is 9.56. The van der Waals surface area contributed by atoms with Crippen molar-refractivity contribution >= 4 is 39.4 Å². The van der Waals surface area contributed by atoms with E-state index in [9.17, 15) is 10.1 Å². The number of benzene rings is 2. The lowest BCUT2D eigenvalue weighted by molar-refractivity contribution is -0.112. The first kappa shape index (κ1) is 25.1. The van der Waals surface area contributed by atoms with Gasteiger partial charge in [-0.25, -0.2) is 0 Å². The van der Waals surface area contributed by atoms with Crippen molar-refractivity contribution in [1.82, 2.24) is 14.8 Å². The molecule has 2 heterocycles. The quantitative estimate of drug-likeness (QED) is 0.207. The lowest BCUT2D eigenvalue weighted by Gasteiger charge is -2.11. The summed E-state index contributed by atoms with van der Waals surface area (Å²) in [4.78, 5) is 12.7. The molecule has 0 aliphatic carbocycles. The number of hydrogen-bond donors (Lipinski definition) is 1. The molecular formula is C28H29N5O2S. The van der Waals surface area contributed by atoms with Crippen LogP contribution in [-0.4, -0.2) is 27.3 Å². The summed E-state index contributed by atoms with van der Waals surface area (Å²) < 4.78 is 8.07. The summed E-state index contributed by atoms with van der Waals surface area (Å²) in [5.41, 5.74) is 3.12. The van der Waals surface area contributed by atoms with Gasteiger partial charge in [0.25, 0.3) is 5.91 Å². The van der Waals surface area contributed by atoms with Gasteiger partial charge in [-0.3, -0.25) is 10.1 Å². The van der Waals surface area contributed by atoms with Crippen molar-refractivity contribution < 1.29 is 9.53 Å². The fraction of sp³-hybridized carbons (Fsp3) is 0.286. The fourth-order valence-corrected chi connectivity index (χ4v) is 4.56. The van der Waals surface area contributed by atoms with Gasteiger partial charge in [0.2, 0.25) is 5.13 Å². The lowest BCUT2D eigenvalue weighted by Crippen LogP contribution is -2.13. The van der Waals surface area contributed by atoms with Gasteiger partial charge in [0, 0.05) is 22.7 Å². The third kappa shape index (κ3) is 5.81. The Hall–Kier alpha value is -3.96. The maximum Gasteiger partial charge on any atom is 0.268 e. The zero-order chi connectivity index (χ0) is 25.5. The largest absolute Gasteiger partial charge is 0.492 e. The number of aromatic nitrogens is 3. The standard InChI is InChI=1S/C28H29N5O2S/c1-4-19(3)20-10-12-23(13-11-20)35-15-14-33-18-22(24-8-6-7-9-25(24)33)16-21(17-29)27(34)30-28-32-31-26(5-2)36-28/h6-13,16,18-19H,4-5,14-15H2,1-3H3,(H,30,32,34)/b21-16-. The maximum atomic E-state index is 12.7. The number of carbonyl (C=O) groups is 1. The molecule has 1 unspecified atom stereocenters. The Kier molecular flexibility index (Phi) is 8.13. The van der Waals surface area contributed by atoms with E-state index in [4.69, 9.17) is 4.74 Å². The molecule has 7 nitrogen and oxygen atoms in total. The monoisotopic (exact) mass is 499 g/mol.